The van der Waals surface area contributed by atoms with E-state index in [1.807, 2.05) is 0 Å². The van der Waals surface area contributed by atoms with Gasteiger partial charge in [0.25, 0.3) is 0 Å². The van der Waals surface area contributed by atoms with Crippen molar-refractivity contribution >= 4 is 33.8 Å². The highest BCUT2D eigenvalue weighted by atomic mass is 79.9. The van der Waals surface area contributed by atoms with Crippen LogP contribution >= 0.6 is 27.5 Å². The first-order chi connectivity index (χ1) is 3.18. The summed E-state index contributed by atoms with van der Waals surface area (Å²) in [6, 6.07) is 0. The summed E-state index contributed by atoms with van der Waals surface area (Å²) in [7, 11) is 0. The third-order valence-electron chi connectivity index (χ3n) is 0.569. The fourth-order valence-electron chi connectivity index (χ4n) is 0.108. The second-order valence-corrected chi connectivity index (χ2v) is 3.00. The zero-order chi connectivity index (χ0) is 5.86. The van der Waals surface area contributed by atoms with Crippen molar-refractivity contribution in [2.75, 3.05) is 0 Å². The maximum absolute atomic E-state index is 9.81. The molecule has 0 saturated heterocycles. The van der Waals surface area contributed by atoms with E-state index in [0.717, 1.165) is 6.29 Å². The molecule has 7 heavy (non-hydrogen) atoms. The lowest BCUT2D eigenvalue weighted by Crippen LogP contribution is -2.10. The molecule has 0 unspecified atom stereocenters. The number of aldehydes is 1. The Balaban J connectivity index is 3.33. The summed E-state index contributed by atoms with van der Waals surface area (Å²) in [5, 5.41) is -0.113. The van der Waals surface area contributed by atoms with Crippen LogP contribution in [0.15, 0.2) is 0 Å². The van der Waals surface area contributed by atoms with E-state index in [-0.39, 0.29) is 10.2 Å². The van der Waals surface area contributed by atoms with Gasteiger partial charge in [-0.25, -0.2) is 0 Å². The van der Waals surface area contributed by atoms with Crippen LogP contribution in [0, 0.1) is 0 Å². The number of carbonyl (C=O) groups is 1. The molecule has 0 fully saturated rings. The third-order valence-corrected chi connectivity index (χ3v) is 2.15. The van der Waals surface area contributed by atoms with Gasteiger partial charge in [-0.2, -0.15) is 0 Å². The summed E-state index contributed by atoms with van der Waals surface area (Å²) in [4.78, 5) is 9.62. The molecule has 0 aliphatic carbocycles. The van der Waals surface area contributed by atoms with E-state index >= 15 is 0 Å². The van der Waals surface area contributed by atoms with Crippen LogP contribution in [0.3, 0.4) is 0 Å². The summed E-state index contributed by atoms with van der Waals surface area (Å²) < 4.78 is 0. The average Bonchev–Trinajstić information content (AvgIpc) is 1.65. The standard InChI is InChI=1S/C4H6BrClO/c1-3(6)4(5)2-7/h2-4H,1H3/t3-,4+/m1/s1. The van der Waals surface area contributed by atoms with Crippen LogP contribution in [0.5, 0.6) is 0 Å². The summed E-state index contributed by atoms with van der Waals surface area (Å²) >= 11 is 8.49. The zero-order valence-electron chi connectivity index (χ0n) is 3.90. The van der Waals surface area contributed by atoms with Crippen molar-refractivity contribution in [3.05, 3.63) is 0 Å². The molecule has 0 amide bonds. The van der Waals surface area contributed by atoms with Crippen molar-refractivity contribution in [3.63, 3.8) is 0 Å². The first-order valence-corrected chi connectivity index (χ1v) is 3.27. The Kier molecular flexibility index (Phi) is 3.66. The van der Waals surface area contributed by atoms with Gasteiger partial charge in [-0.3, -0.25) is 0 Å². The highest BCUT2D eigenvalue weighted by molar-refractivity contribution is 9.10. The lowest BCUT2D eigenvalue weighted by molar-refractivity contribution is -0.107. The fourth-order valence-corrected chi connectivity index (χ4v) is 0.168. The Hall–Kier alpha value is 0.440. The molecule has 0 rings (SSSR count). The highest BCUT2D eigenvalue weighted by Crippen LogP contribution is 2.07. The van der Waals surface area contributed by atoms with Gasteiger partial charge in [-0.1, -0.05) is 15.9 Å². The van der Waals surface area contributed by atoms with Crippen molar-refractivity contribution < 1.29 is 4.79 Å². The van der Waals surface area contributed by atoms with Crippen molar-refractivity contribution in [1.29, 1.82) is 0 Å². The minimum atomic E-state index is -0.200. The van der Waals surface area contributed by atoms with Gasteiger partial charge in [0, 0.05) is 5.38 Å². The molecular weight excluding hydrogens is 179 g/mol. The van der Waals surface area contributed by atoms with Crippen LogP contribution in [0.4, 0.5) is 0 Å². The van der Waals surface area contributed by atoms with E-state index in [4.69, 9.17) is 11.6 Å². The van der Waals surface area contributed by atoms with E-state index in [9.17, 15) is 4.79 Å². The first-order valence-electron chi connectivity index (χ1n) is 1.92. The van der Waals surface area contributed by atoms with E-state index < -0.39 is 0 Å². The topological polar surface area (TPSA) is 17.1 Å². The van der Waals surface area contributed by atoms with Gasteiger partial charge in [0.1, 0.15) is 6.29 Å². The molecule has 0 aromatic rings. The van der Waals surface area contributed by atoms with E-state index in [1.54, 1.807) is 6.92 Å². The van der Waals surface area contributed by atoms with Crippen LogP contribution < -0.4 is 0 Å². The Morgan fingerprint density at radius 3 is 2.29 bits per heavy atom. The van der Waals surface area contributed by atoms with Gasteiger partial charge in [0.2, 0.25) is 0 Å². The molecule has 0 aromatic carbocycles. The molecule has 0 heterocycles. The number of hydrogen-bond donors (Lipinski definition) is 0. The Morgan fingerprint density at radius 1 is 1.86 bits per heavy atom. The molecule has 0 aromatic heterocycles. The van der Waals surface area contributed by atoms with Crippen LogP contribution in [0.1, 0.15) is 6.92 Å². The number of halogens is 2. The molecule has 0 radical (unpaired) electrons. The molecule has 0 aliphatic rings. The van der Waals surface area contributed by atoms with Gasteiger partial charge >= 0.3 is 0 Å². The van der Waals surface area contributed by atoms with Crippen LogP contribution in [0.2, 0.25) is 0 Å². The van der Waals surface area contributed by atoms with Crippen molar-refractivity contribution in [1.82, 2.24) is 0 Å². The maximum atomic E-state index is 9.81. The molecule has 0 spiro atoms. The predicted molar refractivity (Wildman–Crippen MR) is 34.1 cm³/mol. The maximum Gasteiger partial charge on any atom is 0.135 e. The second kappa shape index (κ2) is 3.44. The quantitative estimate of drug-likeness (QED) is 0.471. The Labute approximate surface area is 56.2 Å². The minimum absolute atomic E-state index is 0.113. The van der Waals surface area contributed by atoms with Gasteiger partial charge < -0.3 is 4.79 Å². The first kappa shape index (κ1) is 7.44. The lowest BCUT2D eigenvalue weighted by Gasteiger charge is -1.99. The van der Waals surface area contributed by atoms with E-state index in [0.29, 0.717) is 0 Å². The lowest BCUT2D eigenvalue weighted by atomic mass is 10.4. The number of rotatable bonds is 2. The monoisotopic (exact) mass is 184 g/mol. The summed E-state index contributed by atoms with van der Waals surface area (Å²) in [6.07, 6.45) is 0.775. The molecule has 42 valence electrons. The predicted octanol–water partition coefficient (Wildman–Crippen LogP) is 1.58. The fraction of sp³-hybridized carbons (Fsp3) is 0.750. The normalized spacial score (nSPS) is 18.1. The van der Waals surface area contributed by atoms with Crippen molar-refractivity contribution in [2.24, 2.45) is 0 Å². The third kappa shape index (κ3) is 3.06. The van der Waals surface area contributed by atoms with Crippen LogP contribution in [-0.2, 0) is 4.79 Å². The van der Waals surface area contributed by atoms with E-state index in [2.05, 4.69) is 15.9 Å². The molecule has 0 aliphatic heterocycles. The Bertz CT molecular complexity index is 64.7. The van der Waals surface area contributed by atoms with E-state index in [1.165, 1.54) is 0 Å². The summed E-state index contributed by atoms with van der Waals surface area (Å²) in [6.45, 7) is 1.76. The molecule has 0 saturated carbocycles. The van der Waals surface area contributed by atoms with Gasteiger partial charge in [0.15, 0.2) is 0 Å². The number of hydrogen-bond acceptors (Lipinski definition) is 1. The number of alkyl halides is 2. The SMILES string of the molecule is C[C@@H](Cl)[C@@H](Br)C=O. The van der Waals surface area contributed by atoms with Crippen LogP contribution in [-0.4, -0.2) is 16.5 Å². The van der Waals surface area contributed by atoms with Crippen molar-refractivity contribution in [3.8, 4) is 0 Å². The van der Waals surface area contributed by atoms with Crippen molar-refractivity contribution in [2.45, 2.75) is 17.1 Å². The summed E-state index contributed by atoms with van der Waals surface area (Å²) in [5.41, 5.74) is 0. The molecule has 2 atom stereocenters. The Morgan fingerprint density at radius 2 is 2.29 bits per heavy atom. The molecule has 0 N–H and O–H groups in total. The molecule has 1 nitrogen and oxygen atoms in total. The van der Waals surface area contributed by atoms with Gasteiger partial charge in [0.05, 0.1) is 4.83 Å². The minimum Gasteiger partial charge on any atom is -0.302 e. The second-order valence-electron chi connectivity index (χ2n) is 1.26. The smallest absolute Gasteiger partial charge is 0.135 e. The molecule has 0 bridgehead atoms. The van der Waals surface area contributed by atoms with Gasteiger partial charge in [-0.05, 0) is 6.92 Å². The van der Waals surface area contributed by atoms with Crippen LogP contribution in [0.25, 0.3) is 0 Å². The number of carbonyl (C=O) groups excluding carboxylic acids is 1. The molecular formula is C4H6BrClO. The zero-order valence-corrected chi connectivity index (χ0v) is 6.24. The highest BCUT2D eigenvalue weighted by Gasteiger charge is 2.06. The average molecular weight is 185 g/mol. The van der Waals surface area contributed by atoms with Gasteiger partial charge in [-0.15, -0.1) is 11.6 Å². The largest absolute Gasteiger partial charge is 0.302 e. The molecule has 3 heteroatoms. The summed E-state index contributed by atoms with van der Waals surface area (Å²) in [5.74, 6) is 0.